The maximum atomic E-state index is 10.5. The van der Waals surface area contributed by atoms with Crippen LogP contribution >= 0.6 is 0 Å². The highest BCUT2D eigenvalue weighted by Crippen LogP contribution is 2.66. The standard InChI is InChI=1S/C22H40O3Si/c1-21-11-10-19-17(18(21)7-8-20(21)25-26(2,3)4)6-5-15-13-16(24)9-12-22(15,19)14-23/h15-20,23-24H,5-14H2,1-4H3/t15?,16?,17-,18-,19+,20?,21-,22+/m0/s1. The molecular weight excluding hydrogens is 340 g/mol. The quantitative estimate of drug-likeness (QED) is 0.705. The monoisotopic (exact) mass is 380 g/mol. The van der Waals surface area contributed by atoms with Crippen molar-refractivity contribution < 1.29 is 14.6 Å². The van der Waals surface area contributed by atoms with E-state index in [4.69, 9.17) is 4.43 Å². The average molecular weight is 381 g/mol. The van der Waals surface area contributed by atoms with Crippen molar-refractivity contribution in [2.45, 2.75) is 96.6 Å². The van der Waals surface area contributed by atoms with Crippen LogP contribution in [-0.2, 0) is 4.43 Å². The van der Waals surface area contributed by atoms with E-state index in [1.165, 1.54) is 38.5 Å². The van der Waals surface area contributed by atoms with E-state index in [0.717, 1.165) is 31.1 Å². The van der Waals surface area contributed by atoms with E-state index >= 15 is 0 Å². The molecule has 0 aliphatic heterocycles. The van der Waals surface area contributed by atoms with E-state index < -0.39 is 8.32 Å². The van der Waals surface area contributed by atoms with Gasteiger partial charge in [-0.15, -0.1) is 0 Å². The van der Waals surface area contributed by atoms with Crippen LogP contribution in [0.3, 0.4) is 0 Å². The fraction of sp³-hybridized carbons (Fsp3) is 1.00. The number of aliphatic hydroxyl groups excluding tert-OH is 2. The molecule has 0 bridgehead atoms. The van der Waals surface area contributed by atoms with Gasteiger partial charge in [-0.2, -0.15) is 0 Å². The fourth-order valence-corrected chi connectivity index (χ4v) is 9.15. The first kappa shape index (κ1) is 19.4. The van der Waals surface area contributed by atoms with E-state index in [2.05, 4.69) is 26.6 Å². The molecule has 0 spiro atoms. The SMILES string of the molecule is C[C@]12CC[C@@H]3[C@@H](CCC4CC(O)CC[C@@]43CO)[C@@H]1CCC2O[Si](C)(C)C. The number of hydrogen-bond donors (Lipinski definition) is 2. The van der Waals surface area contributed by atoms with Crippen molar-refractivity contribution in [3.63, 3.8) is 0 Å². The Labute approximate surface area is 161 Å². The highest BCUT2D eigenvalue weighted by Gasteiger charge is 2.61. The lowest BCUT2D eigenvalue weighted by molar-refractivity contribution is -0.157. The molecule has 2 N–H and O–H groups in total. The third kappa shape index (κ3) is 2.94. The zero-order valence-electron chi connectivity index (χ0n) is 17.3. The third-order valence-corrected chi connectivity index (χ3v) is 10.0. The van der Waals surface area contributed by atoms with Crippen molar-refractivity contribution >= 4 is 8.32 Å². The highest BCUT2D eigenvalue weighted by atomic mass is 28.4. The van der Waals surface area contributed by atoms with Crippen LogP contribution in [0.25, 0.3) is 0 Å². The summed E-state index contributed by atoms with van der Waals surface area (Å²) in [4.78, 5) is 0. The Morgan fingerprint density at radius 1 is 0.962 bits per heavy atom. The molecule has 4 rings (SSSR count). The molecule has 4 heteroatoms. The molecule has 150 valence electrons. The first-order valence-corrected chi connectivity index (χ1v) is 14.6. The van der Waals surface area contributed by atoms with Gasteiger partial charge in [0.1, 0.15) is 0 Å². The molecule has 4 aliphatic rings. The Morgan fingerprint density at radius 2 is 1.73 bits per heavy atom. The summed E-state index contributed by atoms with van der Waals surface area (Å²) in [7, 11) is -1.51. The molecule has 8 atom stereocenters. The lowest BCUT2D eigenvalue weighted by Gasteiger charge is -2.61. The Kier molecular flexibility index (Phi) is 4.91. The van der Waals surface area contributed by atoms with Gasteiger partial charge in [-0.05, 0) is 112 Å². The zero-order valence-corrected chi connectivity index (χ0v) is 18.3. The molecule has 26 heavy (non-hydrogen) atoms. The van der Waals surface area contributed by atoms with E-state index in [1.807, 2.05) is 0 Å². The smallest absolute Gasteiger partial charge is 0.184 e. The van der Waals surface area contributed by atoms with Crippen molar-refractivity contribution in [3.05, 3.63) is 0 Å². The lowest BCUT2D eigenvalue weighted by Crippen LogP contribution is -2.57. The third-order valence-electron chi connectivity index (χ3n) is 9.04. The Bertz CT molecular complexity index is 532. The molecule has 0 amide bonds. The summed E-state index contributed by atoms with van der Waals surface area (Å²) in [5.41, 5.74) is 0.445. The maximum absolute atomic E-state index is 10.5. The van der Waals surface area contributed by atoms with Crippen molar-refractivity contribution in [1.82, 2.24) is 0 Å². The molecule has 3 unspecified atom stereocenters. The summed E-state index contributed by atoms with van der Waals surface area (Å²) in [5.74, 6) is 2.75. The number of aliphatic hydroxyl groups is 2. The second-order valence-electron chi connectivity index (χ2n) is 11.3. The summed E-state index contributed by atoms with van der Waals surface area (Å²) in [6, 6.07) is 0. The predicted octanol–water partition coefficient (Wildman–Crippen LogP) is 4.58. The topological polar surface area (TPSA) is 49.7 Å². The van der Waals surface area contributed by atoms with Crippen LogP contribution < -0.4 is 0 Å². The fourth-order valence-electron chi connectivity index (χ4n) is 7.91. The van der Waals surface area contributed by atoms with Crippen LogP contribution in [0.2, 0.25) is 19.6 Å². The van der Waals surface area contributed by atoms with E-state index in [1.54, 1.807) is 0 Å². The van der Waals surface area contributed by atoms with Crippen molar-refractivity contribution in [1.29, 1.82) is 0 Å². The van der Waals surface area contributed by atoms with E-state index in [9.17, 15) is 10.2 Å². The molecule has 3 nitrogen and oxygen atoms in total. The van der Waals surface area contributed by atoms with Crippen LogP contribution in [0.15, 0.2) is 0 Å². The van der Waals surface area contributed by atoms with Crippen molar-refractivity contribution in [2.24, 2.45) is 34.5 Å². The normalized spacial score (nSPS) is 51.5. The number of fused-ring (bicyclic) bond motifs is 5. The van der Waals surface area contributed by atoms with Crippen LogP contribution in [0.4, 0.5) is 0 Å². The first-order chi connectivity index (χ1) is 12.2. The molecule has 0 aromatic heterocycles. The minimum Gasteiger partial charge on any atom is -0.414 e. The number of hydrogen-bond acceptors (Lipinski definition) is 3. The van der Waals surface area contributed by atoms with Gasteiger partial charge in [0.15, 0.2) is 8.32 Å². The Balaban J connectivity index is 1.58. The second-order valence-corrected chi connectivity index (χ2v) is 15.8. The largest absolute Gasteiger partial charge is 0.414 e. The summed E-state index contributed by atoms with van der Waals surface area (Å²) in [6.07, 6.45) is 10.8. The van der Waals surface area contributed by atoms with Crippen LogP contribution in [0.1, 0.15) is 64.7 Å². The van der Waals surface area contributed by atoms with Gasteiger partial charge in [-0.25, -0.2) is 0 Å². The molecule has 0 radical (unpaired) electrons. The lowest BCUT2D eigenvalue weighted by atomic mass is 9.44. The van der Waals surface area contributed by atoms with Gasteiger partial charge in [0.2, 0.25) is 0 Å². The minimum absolute atomic E-state index is 0.0984. The van der Waals surface area contributed by atoms with Gasteiger partial charge >= 0.3 is 0 Å². The Morgan fingerprint density at radius 3 is 2.42 bits per heavy atom. The zero-order chi connectivity index (χ0) is 18.7. The number of rotatable bonds is 3. The molecular formula is C22H40O3Si. The van der Waals surface area contributed by atoms with Gasteiger partial charge in [0.25, 0.3) is 0 Å². The van der Waals surface area contributed by atoms with E-state index in [-0.39, 0.29) is 11.5 Å². The van der Waals surface area contributed by atoms with Gasteiger partial charge in [0.05, 0.1) is 12.2 Å². The highest BCUT2D eigenvalue weighted by molar-refractivity contribution is 6.69. The second kappa shape index (κ2) is 6.57. The molecule has 4 saturated carbocycles. The first-order valence-electron chi connectivity index (χ1n) is 11.2. The van der Waals surface area contributed by atoms with Gasteiger partial charge < -0.3 is 14.6 Å². The van der Waals surface area contributed by atoms with Crippen LogP contribution in [0.5, 0.6) is 0 Å². The van der Waals surface area contributed by atoms with Crippen LogP contribution in [0, 0.1) is 34.5 Å². The molecule has 0 saturated heterocycles. The van der Waals surface area contributed by atoms with Crippen molar-refractivity contribution in [3.8, 4) is 0 Å². The Hall–Kier alpha value is 0.0969. The molecule has 0 aromatic rings. The molecule has 4 aliphatic carbocycles. The minimum atomic E-state index is -1.51. The summed E-state index contributed by atoms with van der Waals surface area (Å²) >= 11 is 0. The van der Waals surface area contributed by atoms with Crippen LogP contribution in [-0.4, -0.2) is 37.3 Å². The van der Waals surface area contributed by atoms with Gasteiger partial charge in [0, 0.05) is 6.61 Å². The van der Waals surface area contributed by atoms with Gasteiger partial charge in [-0.3, -0.25) is 0 Å². The summed E-state index contributed by atoms with van der Waals surface area (Å²) in [6.45, 7) is 9.84. The molecule has 0 aromatic carbocycles. The average Bonchev–Trinajstić information content (AvgIpc) is 2.89. The van der Waals surface area contributed by atoms with E-state index in [0.29, 0.717) is 30.0 Å². The van der Waals surface area contributed by atoms with Crippen molar-refractivity contribution in [2.75, 3.05) is 6.61 Å². The summed E-state index contributed by atoms with van der Waals surface area (Å²) in [5, 5.41) is 20.7. The van der Waals surface area contributed by atoms with Gasteiger partial charge in [-0.1, -0.05) is 6.92 Å². The summed E-state index contributed by atoms with van der Waals surface area (Å²) < 4.78 is 6.68. The molecule has 0 heterocycles. The maximum Gasteiger partial charge on any atom is 0.184 e. The predicted molar refractivity (Wildman–Crippen MR) is 107 cm³/mol. The molecule has 4 fully saturated rings.